The lowest BCUT2D eigenvalue weighted by Gasteiger charge is -2.22. The van der Waals surface area contributed by atoms with Crippen LogP contribution in [0.2, 0.25) is 0 Å². The summed E-state index contributed by atoms with van der Waals surface area (Å²) in [6.45, 7) is 0. The molecule has 6 nitrogen and oxygen atoms in total. The molecular weight excluding hydrogens is 643 g/mol. The Hall–Kier alpha value is -6.09. The van der Waals surface area contributed by atoms with Crippen LogP contribution in [0.5, 0.6) is 0 Å². The highest BCUT2D eigenvalue weighted by atomic mass is 32.1. The van der Waals surface area contributed by atoms with Crippen molar-refractivity contribution in [3.05, 3.63) is 152 Å². The van der Waals surface area contributed by atoms with E-state index in [4.69, 9.17) is 14.4 Å². The van der Waals surface area contributed by atoms with Gasteiger partial charge in [-0.2, -0.15) is 0 Å². The Bertz CT molecular complexity index is 2620. The molecule has 4 aromatic heterocycles. The van der Waals surface area contributed by atoms with E-state index in [-0.39, 0.29) is 0 Å². The lowest BCUT2D eigenvalue weighted by molar-refractivity contribution is 0.669. The van der Waals surface area contributed by atoms with Crippen LogP contribution in [0.4, 0.5) is 33.0 Å². The van der Waals surface area contributed by atoms with Crippen LogP contribution in [0.3, 0.4) is 0 Å². The summed E-state index contributed by atoms with van der Waals surface area (Å²) >= 11 is 3.35. The molecule has 10 rings (SSSR count). The average Bonchev–Trinajstić information content (AvgIpc) is 3.86. The predicted octanol–water partition coefficient (Wildman–Crippen LogP) is 12.3. The van der Waals surface area contributed by atoms with Gasteiger partial charge in [0.05, 0.1) is 38.0 Å². The van der Waals surface area contributed by atoms with Gasteiger partial charge in [0.25, 0.3) is 0 Å². The van der Waals surface area contributed by atoms with E-state index in [0.717, 1.165) is 86.2 Å². The van der Waals surface area contributed by atoms with Gasteiger partial charge in [-0.25, -0.2) is 9.97 Å². The fourth-order valence-corrected chi connectivity index (χ4v) is 8.50. The van der Waals surface area contributed by atoms with Crippen molar-refractivity contribution in [3.63, 3.8) is 0 Å². The standard InChI is InChI=1S/C41H25N5OS2/c1-2-9-28(10-3-1)45(40-43-34-12-4-6-14-38(34)48-40)30-18-19-32-33-22-26-16-17-29(21-27(26)23-36(33)47-37(32)24-30)46(31-11-8-20-42-25-31)41-44-35-13-5-7-15-39(35)49-41/h1-25H. The highest BCUT2D eigenvalue weighted by Crippen LogP contribution is 2.43. The number of furan rings is 1. The van der Waals surface area contributed by atoms with Crippen molar-refractivity contribution in [2.24, 2.45) is 0 Å². The Morgan fingerprint density at radius 3 is 1.82 bits per heavy atom. The molecule has 0 radical (unpaired) electrons. The van der Waals surface area contributed by atoms with Gasteiger partial charge >= 0.3 is 0 Å². The minimum Gasteiger partial charge on any atom is -0.456 e. The molecule has 6 aromatic carbocycles. The molecule has 0 aliphatic heterocycles. The number of hydrogen-bond donors (Lipinski definition) is 0. The molecule has 0 aliphatic rings. The fraction of sp³-hybridized carbons (Fsp3) is 0. The first-order valence-electron chi connectivity index (χ1n) is 15.9. The number of rotatable bonds is 6. The predicted molar refractivity (Wildman–Crippen MR) is 205 cm³/mol. The third-order valence-electron chi connectivity index (χ3n) is 8.78. The van der Waals surface area contributed by atoms with Gasteiger partial charge in [-0.05, 0) is 95.7 Å². The quantitative estimate of drug-likeness (QED) is 0.176. The zero-order valence-electron chi connectivity index (χ0n) is 25.9. The van der Waals surface area contributed by atoms with Gasteiger partial charge in [-0.1, -0.05) is 71.2 Å². The molecule has 0 amide bonds. The second kappa shape index (κ2) is 11.3. The number of thiazole rings is 2. The van der Waals surface area contributed by atoms with Crippen LogP contribution in [0.1, 0.15) is 0 Å². The van der Waals surface area contributed by atoms with E-state index in [9.17, 15) is 0 Å². The third kappa shape index (κ3) is 4.80. The van der Waals surface area contributed by atoms with E-state index >= 15 is 0 Å². The lowest BCUT2D eigenvalue weighted by atomic mass is 10.0. The van der Waals surface area contributed by atoms with Gasteiger partial charge in [0.1, 0.15) is 11.2 Å². The SMILES string of the molecule is c1ccc(N(c2ccc3c(c2)oc2cc4cc(N(c5cccnc5)c5nc6ccccc6s5)ccc4cc23)c2nc3ccccc3s2)cc1. The number of pyridine rings is 1. The van der Waals surface area contributed by atoms with Crippen LogP contribution in [0.25, 0.3) is 53.1 Å². The van der Waals surface area contributed by atoms with Gasteiger partial charge in [0, 0.05) is 34.4 Å². The van der Waals surface area contributed by atoms with Crippen molar-refractivity contribution >= 4 is 109 Å². The first-order chi connectivity index (χ1) is 24.2. The van der Waals surface area contributed by atoms with E-state index in [1.165, 1.54) is 0 Å². The molecule has 0 spiro atoms. The van der Waals surface area contributed by atoms with E-state index in [1.54, 1.807) is 28.9 Å². The molecular formula is C41H25N5OS2. The lowest BCUT2D eigenvalue weighted by Crippen LogP contribution is -2.09. The van der Waals surface area contributed by atoms with Crippen molar-refractivity contribution in [3.8, 4) is 0 Å². The molecule has 49 heavy (non-hydrogen) atoms. The molecule has 10 aromatic rings. The maximum absolute atomic E-state index is 6.61. The number of anilines is 6. The van der Waals surface area contributed by atoms with Crippen LogP contribution in [0, 0.1) is 0 Å². The number of hydrogen-bond acceptors (Lipinski definition) is 8. The van der Waals surface area contributed by atoms with E-state index in [0.29, 0.717) is 0 Å². The number of para-hydroxylation sites is 3. The summed E-state index contributed by atoms with van der Waals surface area (Å²) in [7, 11) is 0. The minimum absolute atomic E-state index is 0.830. The Labute approximate surface area is 288 Å². The minimum atomic E-state index is 0.830. The molecule has 0 aliphatic carbocycles. The molecule has 0 N–H and O–H groups in total. The highest BCUT2D eigenvalue weighted by Gasteiger charge is 2.20. The molecule has 8 heteroatoms. The third-order valence-corrected chi connectivity index (χ3v) is 10.8. The second-order valence-electron chi connectivity index (χ2n) is 11.8. The summed E-state index contributed by atoms with van der Waals surface area (Å²) in [5.41, 5.74) is 7.64. The molecule has 0 unspecified atom stereocenters. The van der Waals surface area contributed by atoms with E-state index < -0.39 is 0 Å². The molecule has 0 fully saturated rings. The molecule has 0 saturated heterocycles. The van der Waals surface area contributed by atoms with Crippen LogP contribution in [0.15, 0.2) is 156 Å². The van der Waals surface area contributed by atoms with Gasteiger partial charge in [0.15, 0.2) is 10.3 Å². The number of benzene rings is 6. The zero-order valence-corrected chi connectivity index (χ0v) is 27.5. The maximum Gasteiger partial charge on any atom is 0.195 e. The first-order valence-corrected chi connectivity index (χ1v) is 17.6. The Balaban J connectivity index is 1.09. The van der Waals surface area contributed by atoms with Crippen LogP contribution in [-0.2, 0) is 0 Å². The Morgan fingerprint density at radius 1 is 0.469 bits per heavy atom. The summed E-state index contributed by atoms with van der Waals surface area (Å²) in [4.78, 5) is 18.8. The number of aromatic nitrogens is 3. The van der Waals surface area contributed by atoms with Crippen molar-refractivity contribution < 1.29 is 4.42 Å². The fourth-order valence-electron chi connectivity index (χ4n) is 6.49. The first kappa shape index (κ1) is 28.0. The smallest absolute Gasteiger partial charge is 0.195 e. The van der Waals surface area contributed by atoms with Crippen molar-refractivity contribution in [2.45, 2.75) is 0 Å². The molecule has 0 saturated carbocycles. The molecule has 0 atom stereocenters. The highest BCUT2D eigenvalue weighted by molar-refractivity contribution is 7.22. The Morgan fingerprint density at radius 2 is 1.10 bits per heavy atom. The largest absolute Gasteiger partial charge is 0.456 e. The van der Waals surface area contributed by atoms with Crippen molar-refractivity contribution in [1.29, 1.82) is 0 Å². The van der Waals surface area contributed by atoms with Gasteiger partial charge < -0.3 is 4.42 Å². The molecule has 0 bridgehead atoms. The molecule has 232 valence electrons. The van der Waals surface area contributed by atoms with Crippen LogP contribution in [-0.4, -0.2) is 15.0 Å². The van der Waals surface area contributed by atoms with Crippen molar-refractivity contribution in [1.82, 2.24) is 15.0 Å². The van der Waals surface area contributed by atoms with E-state index in [1.807, 2.05) is 30.5 Å². The average molecular weight is 668 g/mol. The zero-order chi connectivity index (χ0) is 32.3. The summed E-state index contributed by atoms with van der Waals surface area (Å²) in [5, 5.41) is 6.18. The van der Waals surface area contributed by atoms with E-state index in [2.05, 4.69) is 130 Å². The number of nitrogens with zero attached hydrogens (tertiary/aromatic N) is 5. The summed E-state index contributed by atoms with van der Waals surface area (Å²) < 4.78 is 8.91. The van der Waals surface area contributed by atoms with Crippen molar-refractivity contribution in [2.75, 3.05) is 9.80 Å². The van der Waals surface area contributed by atoms with Crippen LogP contribution < -0.4 is 9.80 Å². The van der Waals surface area contributed by atoms with Gasteiger partial charge in [0.2, 0.25) is 0 Å². The summed E-state index contributed by atoms with van der Waals surface area (Å²) in [6, 6.07) is 48.3. The topological polar surface area (TPSA) is 58.3 Å². The number of fused-ring (bicyclic) bond motifs is 6. The normalized spacial score (nSPS) is 11.7. The van der Waals surface area contributed by atoms with Gasteiger partial charge in [-0.15, -0.1) is 0 Å². The Kier molecular flexibility index (Phi) is 6.43. The summed E-state index contributed by atoms with van der Waals surface area (Å²) in [5.74, 6) is 0. The monoisotopic (exact) mass is 667 g/mol. The molecule has 4 heterocycles. The van der Waals surface area contributed by atoms with Gasteiger partial charge in [-0.3, -0.25) is 14.8 Å². The summed E-state index contributed by atoms with van der Waals surface area (Å²) in [6.07, 6.45) is 3.67. The second-order valence-corrected chi connectivity index (χ2v) is 13.8. The maximum atomic E-state index is 6.61. The van der Waals surface area contributed by atoms with Crippen LogP contribution >= 0.6 is 22.7 Å².